The molecule has 0 aliphatic heterocycles. The van der Waals surface area contributed by atoms with E-state index in [1.54, 1.807) is 0 Å². The molecule has 4 nitrogen and oxygen atoms in total. The van der Waals surface area contributed by atoms with E-state index in [2.05, 4.69) is 83.1 Å². The Bertz CT molecular complexity index is 640. The van der Waals surface area contributed by atoms with E-state index in [4.69, 9.17) is 14.2 Å². The van der Waals surface area contributed by atoms with E-state index in [0.29, 0.717) is 49.1 Å². The number of carbonyl (C=O) groups is 1. The van der Waals surface area contributed by atoms with E-state index < -0.39 is 0 Å². The lowest BCUT2D eigenvalue weighted by Gasteiger charge is -2.47. The molecule has 0 heterocycles. The van der Waals surface area contributed by atoms with Crippen molar-refractivity contribution in [3.8, 4) is 0 Å². The predicted molar refractivity (Wildman–Crippen MR) is 172 cm³/mol. The molecule has 240 valence electrons. The van der Waals surface area contributed by atoms with Crippen LogP contribution in [0.5, 0.6) is 0 Å². The molecule has 4 heteroatoms. The summed E-state index contributed by atoms with van der Waals surface area (Å²) in [6, 6.07) is 0. The third-order valence-corrected chi connectivity index (χ3v) is 9.63. The fourth-order valence-corrected chi connectivity index (χ4v) is 6.46. The summed E-state index contributed by atoms with van der Waals surface area (Å²) in [6.07, 6.45) is 10.8. The van der Waals surface area contributed by atoms with Crippen LogP contribution in [0.4, 0.5) is 0 Å². The van der Waals surface area contributed by atoms with Gasteiger partial charge < -0.3 is 14.2 Å². The van der Waals surface area contributed by atoms with E-state index in [-0.39, 0.29) is 28.8 Å². The molecule has 2 saturated carbocycles. The summed E-state index contributed by atoms with van der Waals surface area (Å²) < 4.78 is 18.4. The monoisotopic (exact) mass is 569 g/mol. The number of ether oxygens (including phenoxy) is 3. The Balaban J connectivity index is 0.00000232. The Kier molecular flexibility index (Phi) is 19.3. The average Bonchev–Trinajstić information content (AvgIpc) is 2.88. The van der Waals surface area contributed by atoms with Gasteiger partial charge in [-0.15, -0.1) is 0 Å². The van der Waals surface area contributed by atoms with Crippen LogP contribution < -0.4 is 0 Å². The lowest BCUT2D eigenvalue weighted by Crippen LogP contribution is -2.48. The minimum atomic E-state index is -0.0809. The molecule has 0 radical (unpaired) electrons. The molecule has 0 bridgehead atoms. The third kappa shape index (κ3) is 13.1. The molecule has 0 saturated heterocycles. The normalized spacial score (nSPS) is 28.1. The molecule has 2 rings (SSSR count). The van der Waals surface area contributed by atoms with Crippen molar-refractivity contribution in [3.05, 3.63) is 0 Å². The minimum absolute atomic E-state index is 0.0145. The average molecular weight is 569 g/mol. The fourth-order valence-electron chi connectivity index (χ4n) is 6.46. The van der Waals surface area contributed by atoms with Gasteiger partial charge in [0, 0.05) is 5.92 Å². The van der Waals surface area contributed by atoms with Crippen LogP contribution in [0.3, 0.4) is 0 Å². The van der Waals surface area contributed by atoms with Crippen LogP contribution in [0.2, 0.25) is 0 Å². The van der Waals surface area contributed by atoms with Crippen molar-refractivity contribution in [2.75, 3.05) is 13.4 Å². The van der Waals surface area contributed by atoms with E-state index in [9.17, 15) is 4.79 Å². The largest absolute Gasteiger partial charge is 0.462 e. The van der Waals surface area contributed by atoms with Gasteiger partial charge in [0.25, 0.3) is 0 Å². The second kappa shape index (κ2) is 19.6. The zero-order chi connectivity index (χ0) is 31.1. The molecular formula is C36H72O4. The van der Waals surface area contributed by atoms with Gasteiger partial charge in [-0.05, 0) is 67.1 Å². The summed E-state index contributed by atoms with van der Waals surface area (Å²) in [5, 5.41) is 0. The second-order valence-electron chi connectivity index (χ2n) is 14.5. The predicted octanol–water partition coefficient (Wildman–Crippen LogP) is 10.7. The highest BCUT2D eigenvalue weighted by molar-refractivity contribution is 5.73. The van der Waals surface area contributed by atoms with Gasteiger partial charge in [0.15, 0.2) is 0 Å². The highest BCUT2D eigenvalue weighted by atomic mass is 16.7. The number of esters is 1. The molecule has 7 unspecified atom stereocenters. The van der Waals surface area contributed by atoms with Gasteiger partial charge >= 0.3 is 5.97 Å². The molecular weight excluding hydrogens is 496 g/mol. The van der Waals surface area contributed by atoms with Gasteiger partial charge in [-0.25, -0.2) is 0 Å². The molecule has 0 aromatic rings. The van der Waals surface area contributed by atoms with Crippen molar-refractivity contribution in [1.82, 2.24) is 0 Å². The summed E-state index contributed by atoms with van der Waals surface area (Å²) in [7, 11) is 0. The highest BCUT2D eigenvalue weighted by Crippen LogP contribution is 2.46. The Morgan fingerprint density at radius 1 is 0.900 bits per heavy atom. The molecule has 0 aromatic heterocycles. The Labute approximate surface area is 251 Å². The van der Waals surface area contributed by atoms with Crippen LogP contribution in [-0.2, 0) is 19.0 Å². The smallest absolute Gasteiger partial charge is 0.309 e. The SMILES string of the molecule is CC.CCC1CC(COCOC2C(C)CCCC2C)C1C(C)OC(=O)C(CC(C)(C)C)C(C)(C)CC.CCCC. The van der Waals surface area contributed by atoms with Crippen molar-refractivity contribution in [3.63, 3.8) is 0 Å². The van der Waals surface area contributed by atoms with Crippen LogP contribution in [0.1, 0.15) is 155 Å². The summed E-state index contributed by atoms with van der Waals surface area (Å²) in [6.45, 7) is 31.6. The summed E-state index contributed by atoms with van der Waals surface area (Å²) in [5.74, 6) is 2.56. The van der Waals surface area contributed by atoms with Gasteiger partial charge in [-0.2, -0.15) is 0 Å². The summed E-state index contributed by atoms with van der Waals surface area (Å²) in [5.41, 5.74) is 0.0204. The van der Waals surface area contributed by atoms with Gasteiger partial charge in [-0.3, -0.25) is 4.79 Å². The van der Waals surface area contributed by atoms with Crippen LogP contribution in [-0.4, -0.2) is 31.6 Å². The van der Waals surface area contributed by atoms with E-state index in [0.717, 1.165) is 25.7 Å². The van der Waals surface area contributed by atoms with Gasteiger partial charge in [0.05, 0.1) is 18.6 Å². The molecule has 40 heavy (non-hydrogen) atoms. The topological polar surface area (TPSA) is 44.8 Å². The quantitative estimate of drug-likeness (QED) is 0.126. The van der Waals surface area contributed by atoms with Gasteiger partial charge in [0.1, 0.15) is 12.9 Å². The van der Waals surface area contributed by atoms with Gasteiger partial charge in [-0.1, -0.05) is 122 Å². The lowest BCUT2D eigenvalue weighted by molar-refractivity contribution is -0.177. The standard InChI is InChI=1S/C30H56O4.C4H10.C2H6/c1-11-23-16-24(18-32-19-33-27-20(3)14-13-15-21(27)4)26(23)22(5)34-28(31)25(17-29(6,7)8)30(9,10)12-2;1-3-4-2;1-2/h20-27H,11-19H2,1-10H3;3-4H2,1-2H3;1-2H3. The first-order valence-electron chi connectivity index (χ1n) is 17.1. The van der Waals surface area contributed by atoms with E-state index >= 15 is 0 Å². The van der Waals surface area contributed by atoms with E-state index in [1.807, 2.05) is 13.8 Å². The molecule has 0 amide bonds. The molecule has 0 spiro atoms. The molecule has 2 aliphatic rings. The van der Waals surface area contributed by atoms with Crippen molar-refractivity contribution in [2.24, 2.45) is 46.3 Å². The highest BCUT2D eigenvalue weighted by Gasteiger charge is 2.46. The maximum absolute atomic E-state index is 13.4. The second-order valence-corrected chi connectivity index (χ2v) is 14.5. The third-order valence-electron chi connectivity index (χ3n) is 9.63. The van der Waals surface area contributed by atoms with Crippen LogP contribution >= 0.6 is 0 Å². The zero-order valence-corrected chi connectivity index (χ0v) is 29.5. The van der Waals surface area contributed by atoms with Crippen LogP contribution in [0.15, 0.2) is 0 Å². The number of unbranched alkanes of at least 4 members (excludes halogenated alkanes) is 1. The van der Waals surface area contributed by atoms with Crippen molar-refractivity contribution in [1.29, 1.82) is 0 Å². The Morgan fingerprint density at radius 2 is 1.45 bits per heavy atom. The van der Waals surface area contributed by atoms with Gasteiger partial charge in [0.2, 0.25) is 0 Å². The maximum atomic E-state index is 13.4. The number of hydrogen-bond acceptors (Lipinski definition) is 4. The first kappa shape index (κ1) is 39.4. The fraction of sp³-hybridized carbons (Fsp3) is 0.972. The first-order chi connectivity index (χ1) is 18.7. The number of carbonyl (C=O) groups excluding carboxylic acids is 1. The van der Waals surface area contributed by atoms with Crippen LogP contribution in [0.25, 0.3) is 0 Å². The van der Waals surface area contributed by atoms with Crippen molar-refractivity contribution in [2.45, 2.75) is 167 Å². The Hall–Kier alpha value is -0.610. The number of rotatable bonds is 13. The maximum Gasteiger partial charge on any atom is 0.309 e. The van der Waals surface area contributed by atoms with Crippen molar-refractivity contribution >= 4 is 5.97 Å². The van der Waals surface area contributed by atoms with Crippen LogP contribution in [0, 0.1) is 46.3 Å². The van der Waals surface area contributed by atoms with E-state index in [1.165, 1.54) is 32.1 Å². The summed E-state index contributed by atoms with van der Waals surface area (Å²) >= 11 is 0. The zero-order valence-electron chi connectivity index (χ0n) is 29.5. The van der Waals surface area contributed by atoms with Crippen molar-refractivity contribution < 1.29 is 19.0 Å². The lowest BCUT2D eigenvalue weighted by atomic mass is 9.61. The molecule has 2 fully saturated rings. The molecule has 0 N–H and O–H groups in total. The first-order valence-corrected chi connectivity index (χ1v) is 17.1. The molecule has 2 aliphatic carbocycles. The molecule has 0 aromatic carbocycles. The Morgan fingerprint density at radius 3 is 1.90 bits per heavy atom. The molecule has 7 atom stereocenters. The summed E-state index contributed by atoms with van der Waals surface area (Å²) in [4.78, 5) is 13.4. The minimum Gasteiger partial charge on any atom is -0.462 e. The number of hydrogen-bond donors (Lipinski definition) is 0.